The first kappa shape index (κ1) is 25.7. The maximum absolute atomic E-state index is 14.4. The maximum atomic E-state index is 14.4. The average molecular weight is 515 g/mol. The van der Waals surface area contributed by atoms with Gasteiger partial charge in [-0.1, -0.05) is 0 Å². The number of nitrogens with zero attached hydrogens (tertiary/aromatic N) is 1. The van der Waals surface area contributed by atoms with Gasteiger partial charge in [-0.25, -0.2) is 4.57 Å². The van der Waals surface area contributed by atoms with Crippen molar-refractivity contribution in [2.75, 3.05) is 23.7 Å². The Morgan fingerprint density at radius 3 is 1.83 bits per heavy atom. The van der Waals surface area contributed by atoms with Crippen LogP contribution in [0.3, 0.4) is 0 Å². The second kappa shape index (κ2) is 11.1. The van der Waals surface area contributed by atoms with E-state index in [1.807, 2.05) is 0 Å². The van der Waals surface area contributed by atoms with Crippen molar-refractivity contribution in [2.24, 2.45) is 0 Å². The van der Waals surface area contributed by atoms with E-state index in [1.54, 1.807) is 53.4 Å². The molecule has 11 heteroatoms. The van der Waals surface area contributed by atoms with Gasteiger partial charge in [0.05, 0.1) is 6.04 Å². The van der Waals surface area contributed by atoms with Crippen LogP contribution in [-0.2, 0) is 18.9 Å². The van der Waals surface area contributed by atoms with Crippen LogP contribution in [0.5, 0.6) is 11.5 Å². The predicted molar refractivity (Wildman–Crippen MR) is 136 cm³/mol. The van der Waals surface area contributed by atoms with Gasteiger partial charge in [-0.3, -0.25) is 14.4 Å². The van der Waals surface area contributed by atoms with Crippen LogP contribution >= 0.6 is 7.60 Å². The fourth-order valence-electron chi connectivity index (χ4n) is 4.47. The van der Waals surface area contributed by atoms with E-state index >= 15 is 0 Å². The molecule has 2 aromatic carbocycles. The minimum atomic E-state index is -3.94. The smallest absolute Gasteiger partial charge is 0.415 e. The number of likely N-dealkylation sites (tertiary alicyclic amines) is 1. The summed E-state index contributed by atoms with van der Waals surface area (Å²) in [5.41, 5.74) is 1.15. The van der Waals surface area contributed by atoms with Crippen LogP contribution in [0.1, 0.15) is 39.5 Å². The Morgan fingerprint density at radius 2 is 1.39 bits per heavy atom. The van der Waals surface area contributed by atoms with Crippen molar-refractivity contribution < 1.29 is 28.0 Å². The molecule has 2 aliphatic heterocycles. The highest BCUT2D eigenvalue weighted by Gasteiger charge is 2.48. The van der Waals surface area contributed by atoms with Gasteiger partial charge >= 0.3 is 7.60 Å². The van der Waals surface area contributed by atoms with E-state index in [0.717, 1.165) is 19.4 Å². The van der Waals surface area contributed by atoms with Gasteiger partial charge in [0.15, 0.2) is 5.78 Å². The summed E-state index contributed by atoms with van der Waals surface area (Å²) in [5, 5.41) is 8.57. The molecule has 3 amide bonds. The molecule has 2 atom stereocenters. The maximum Gasteiger partial charge on any atom is 0.453 e. The standard InChI is InChI=1S/C25H31N4O6P/c1-17(30)27-19-7-11-21(12-8-19)34-36(33,35-22-13-9-20(10-14-22)28-18(2)31)24-6-4-16-29(24)25(32)23-5-3-15-26-23/h7-14,23-24,26H,3-6,15-16H2,1-2H3,(H,27,30)(H,28,31)/t23-,24+/m0/s1. The van der Waals surface area contributed by atoms with Crippen molar-refractivity contribution in [1.82, 2.24) is 10.2 Å². The molecule has 2 heterocycles. The van der Waals surface area contributed by atoms with Crippen LogP contribution in [0.2, 0.25) is 0 Å². The molecule has 0 saturated carbocycles. The second-order valence-corrected chi connectivity index (χ2v) is 11.0. The Hall–Kier alpha value is -3.36. The van der Waals surface area contributed by atoms with E-state index in [2.05, 4.69) is 16.0 Å². The third kappa shape index (κ3) is 6.25. The molecule has 2 aromatic rings. The summed E-state index contributed by atoms with van der Waals surface area (Å²) in [6.07, 6.45) is 2.82. The number of carbonyl (C=O) groups excluding carboxylic acids is 3. The molecule has 36 heavy (non-hydrogen) atoms. The fraction of sp³-hybridized carbons (Fsp3) is 0.400. The first-order valence-corrected chi connectivity index (χ1v) is 13.6. The van der Waals surface area contributed by atoms with Crippen molar-refractivity contribution in [3.63, 3.8) is 0 Å². The largest absolute Gasteiger partial charge is 0.453 e. The number of amides is 3. The molecule has 2 aliphatic rings. The summed E-state index contributed by atoms with van der Waals surface area (Å²) in [5.74, 6) is -0.676. The monoisotopic (exact) mass is 514 g/mol. The van der Waals surface area contributed by atoms with Gasteiger partial charge in [-0.2, -0.15) is 0 Å². The van der Waals surface area contributed by atoms with Crippen molar-refractivity contribution >= 4 is 36.7 Å². The first-order chi connectivity index (χ1) is 17.2. The Balaban J connectivity index is 1.60. The normalized spacial score (nSPS) is 19.6. The molecule has 0 aliphatic carbocycles. The second-order valence-electron chi connectivity index (χ2n) is 8.94. The Bertz CT molecular complexity index is 1080. The lowest BCUT2D eigenvalue weighted by molar-refractivity contribution is -0.132. The van der Waals surface area contributed by atoms with Crippen molar-refractivity contribution in [1.29, 1.82) is 0 Å². The van der Waals surface area contributed by atoms with Crippen LogP contribution in [0, 0.1) is 0 Å². The zero-order valence-corrected chi connectivity index (χ0v) is 21.3. The topological polar surface area (TPSA) is 126 Å². The molecule has 3 N–H and O–H groups in total. The molecule has 4 rings (SSSR count). The lowest BCUT2D eigenvalue weighted by Crippen LogP contribution is -2.46. The van der Waals surface area contributed by atoms with Crippen LogP contribution < -0.4 is 25.0 Å². The van der Waals surface area contributed by atoms with Gasteiger partial charge in [0.2, 0.25) is 17.7 Å². The van der Waals surface area contributed by atoms with E-state index in [9.17, 15) is 18.9 Å². The van der Waals surface area contributed by atoms with Crippen molar-refractivity contribution in [2.45, 2.75) is 51.4 Å². The summed E-state index contributed by atoms with van der Waals surface area (Å²) in [7, 11) is -3.94. The molecule has 0 bridgehead atoms. The van der Waals surface area contributed by atoms with E-state index in [4.69, 9.17) is 9.05 Å². The molecule has 2 saturated heterocycles. The Kier molecular flexibility index (Phi) is 7.96. The number of rotatable bonds is 8. The van der Waals surface area contributed by atoms with Crippen LogP contribution in [0.4, 0.5) is 11.4 Å². The highest BCUT2D eigenvalue weighted by molar-refractivity contribution is 7.55. The summed E-state index contributed by atoms with van der Waals surface area (Å²) >= 11 is 0. The predicted octanol–water partition coefficient (Wildman–Crippen LogP) is 3.95. The highest BCUT2D eigenvalue weighted by Crippen LogP contribution is 2.57. The molecule has 0 spiro atoms. The van der Waals surface area contributed by atoms with Crippen molar-refractivity contribution in [3.05, 3.63) is 48.5 Å². The highest BCUT2D eigenvalue weighted by atomic mass is 31.2. The van der Waals surface area contributed by atoms with Gasteiger partial charge in [0, 0.05) is 31.8 Å². The third-order valence-corrected chi connectivity index (χ3v) is 8.24. The zero-order valence-electron chi connectivity index (χ0n) is 20.4. The van der Waals surface area contributed by atoms with Crippen molar-refractivity contribution in [3.8, 4) is 11.5 Å². The van der Waals surface area contributed by atoms with Gasteiger partial charge in [-0.05, 0) is 80.8 Å². The number of nitrogens with one attached hydrogen (secondary N) is 3. The first-order valence-electron chi connectivity index (χ1n) is 12.0. The molecule has 2 fully saturated rings. The summed E-state index contributed by atoms with van der Waals surface area (Å²) in [4.78, 5) is 37.5. The number of anilines is 2. The minimum Gasteiger partial charge on any atom is -0.415 e. The lowest BCUT2D eigenvalue weighted by atomic mass is 10.2. The number of carbonyl (C=O) groups is 3. The van der Waals surface area contributed by atoms with E-state index < -0.39 is 13.4 Å². The van der Waals surface area contributed by atoms with Crippen LogP contribution in [0.15, 0.2) is 48.5 Å². The van der Waals surface area contributed by atoms with E-state index in [1.165, 1.54) is 13.8 Å². The molecule has 0 unspecified atom stereocenters. The molecular formula is C25H31N4O6P. The number of hydrogen-bond donors (Lipinski definition) is 3. The molecule has 10 nitrogen and oxygen atoms in total. The third-order valence-electron chi connectivity index (χ3n) is 6.04. The fourth-order valence-corrected chi connectivity index (χ4v) is 6.65. The quantitative estimate of drug-likeness (QED) is 0.456. The van der Waals surface area contributed by atoms with Crippen LogP contribution in [-0.4, -0.2) is 47.5 Å². The summed E-state index contributed by atoms with van der Waals surface area (Å²) in [6, 6.07) is 12.7. The average Bonchev–Trinajstić information content (AvgIpc) is 3.54. The molecule has 0 aromatic heterocycles. The van der Waals surface area contributed by atoms with Crippen LogP contribution in [0.25, 0.3) is 0 Å². The van der Waals surface area contributed by atoms with Gasteiger partial charge in [-0.15, -0.1) is 0 Å². The van der Waals surface area contributed by atoms with Gasteiger partial charge < -0.3 is 29.9 Å². The lowest BCUT2D eigenvalue weighted by Gasteiger charge is -2.32. The Morgan fingerprint density at radius 1 is 0.861 bits per heavy atom. The Labute approximate surface area is 210 Å². The van der Waals surface area contributed by atoms with E-state index in [0.29, 0.717) is 42.3 Å². The summed E-state index contributed by atoms with van der Waals surface area (Å²) in [6.45, 7) is 4.07. The minimum absolute atomic E-state index is 0.0931. The van der Waals surface area contributed by atoms with Gasteiger partial charge in [0.25, 0.3) is 0 Å². The van der Waals surface area contributed by atoms with Gasteiger partial charge in [0.1, 0.15) is 11.5 Å². The number of benzene rings is 2. The molecular weight excluding hydrogens is 483 g/mol. The SMILES string of the molecule is CC(=O)Nc1ccc(OP(=O)(Oc2ccc(NC(C)=O)cc2)[C@@H]2CCCN2C(=O)[C@@H]2CCCN2)cc1. The zero-order chi connectivity index (χ0) is 25.7. The molecule has 192 valence electrons. The summed E-state index contributed by atoms with van der Waals surface area (Å²) < 4.78 is 26.5. The molecule has 0 radical (unpaired) electrons. The van der Waals surface area contributed by atoms with E-state index in [-0.39, 0.29) is 23.8 Å². The number of hydrogen-bond acceptors (Lipinski definition) is 7.